The molecule has 0 bridgehead atoms. The first-order chi connectivity index (χ1) is 7.99. The zero-order valence-electron chi connectivity index (χ0n) is 10.4. The molecule has 0 radical (unpaired) electrons. The van der Waals surface area contributed by atoms with Crippen LogP contribution in [0.4, 0.5) is 0 Å². The summed E-state index contributed by atoms with van der Waals surface area (Å²) in [5.74, 6) is 0.00139. The number of nitrogens with one attached hydrogen (secondary N) is 1. The van der Waals surface area contributed by atoms with Crippen LogP contribution in [-0.4, -0.2) is 33.9 Å². The van der Waals surface area contributed by atoms with E-state index in [4.69, 9.17) is 0 Å². The van der Waals surface area contributed by atoms with Crippen LogP contribution in [0.1, 0.15) is 30.3 Å². The zero-order chi connectivity index (χ0) is 12.8. The molecule has 1 aromatic heterocycles. The summed E-state index contributed by atoms with van der Waals surface area (Å²) in [5.41, 5.74) is 0. The van der Waals surface area contributed by atoms with Gasteiger partial charge in [-0.1, -0.05) is 13.8 Å². The zero-order valence-corrected chi connectivity index (χ0v) is 11.3. The van der Waals surface area contributed by atoms with Crippen molar-refractivity contribution in [1.29, 1.82) is 0 Å². The maximum atomic E-state index is 11.5. The SMILES string of the molecule is Cc1nnc(CCNC(=O)[C@H](O)CC(C)C)s1. The van der Waals surface area contributed by atoms with Gasteiger partial charge in [0.25, 0.3) is 0 Å². The summed E-state index contributed by atoms with van der Waals surface area (Å²) in [6, 6.07) is 0. The molecule has 17 heavy (non-hydrogen) atoms. The van der Waals surface area contributed by atoms with Gasteiger partial charge in [0.05, 0.1) is 0 Å². The van der Waals surface area contributed by atoms with E-state index in [1.807, 2.05) is 20.8 Å². The summed E-state index contributed by atoms with van der Waals surface area (Å²) in [7, 11) is 0. The number of aliphatic hydroxyl groups excluding tert-OH is 1. The van der Waals surface area contributed by atoms with E-state index in [0.717, 1.165) is 10.0 Å². The van der Waals surface area contributed by atoms with Gasteiger partial charge in [0.2, 0.25) is 5.91 Å². The molecule has 1 aromatic rings. The Morgan fingerprint density at radius 2 is 2.18 bits per heavy atom. The van der Waals surface area contributed by atoms with Crippen LogP contribution >= 0.6 is 11.3 Å². The summed E-state index contributed by atoms with van der Waals surface area (Å²) in [6.45, 7) is 6.33. The quantitative estimate of drug-likeness (QED) is 0.794. The molecule has 0 spiro atoms. The summed E-state index contributed by atoms with van der Waals surface area (Å²) in [4.78, 5) is 11.5. The topological polar surface area (TPSA) is 75.1 Å². The van der Waals surface area contributed by atoms with E-state index in [0.29, 0.717) is 25.3 Å². The minimum Gasteiger partial charge on any atom is -0.383 e. The Hall–Kier alpha value is -1.01. The van der Waals surface area contributed by atoms with Gasteiger partial charge in [-0.15, -0.1) is 21.5 Å². The third kappa shape index (κ3) is 5.23. The lowest BCUT2D eigenvalue weighted by atomic mass is 10.1. The maximum Gasteiger partial charge on any atom is 0.248 e. The van der Waals surface area contributed by atoms with Crippen molar-refractivity contribution in [1.82, 2.24) is 15.5 Å². The molecular weight excluding hydrogens is 238 g/mol. The minimum atomic E-state index is -0.911. The fraction of sp³-hybridized carbons (Fsp3) is 0.727. The van der Waals surface area contributed by atoms with Gasteiger partial charge in [0.15, 0.2) is 0 Å². The van der Waals surface area contributed by atoms with Crippen molar-refractivity contribution in [2.45, 2.75) is 39.7 Å². The highest BCUT2D eigenvalue weighted by Gasteiger charge is 2.15. The Morgan fingerprint density at radius 1 is 1.47 bits per heavy atom. The van der Waals surface area contributed by atoms with Crippen molar-refractivity contribution in [3.05, 3.63) is 10.0 Å². The number of nitrogens with zero attached hydrogens (tertiary/aromatic N) is 2. The third-order valence-corrected chi connectivity index (χ3v) is 3.10. The third-order valence-electron chi connectivity index (χ3n) is 2.20. The molecule has 5 nitrogen and oxygen atoms in total. The second-order valence-corrected chi connectivity index (χ2v) is 5.67. The van der Waals surface area contributed by atoms with Crippen LogP contribution in [-0.2, 0) is 11.2 Å². The van der Waals surface area contributed by atoms with Gasteiger partial charge < -0.3 is 10.4 Å². The predicted octanol–water partition coefficient (Wildman–Crippen LogP) is 0.912. The molecule has 6 heteroatoms. The first kappa shape index (κ1) is 14.1. The van der Waals surface area contributed by atoms with Gasteiger partial charge in [-0.05, 0) is 19.3 Å². The maximum absolute atomic E-state index is 11.5. The fourth-order valence-corrected chi connectivity index (χ4v) is 2.11. The van der Waals surface area contributed by atoms with Crippen LogP contribution in [0.25, 0.3) is 0 Å². The van der Waals surface area contributed by atoms with Crippen LogP contribution in [0, 0.1) is 12.8 Å². The van der Waals surface area contributed by atoms with Gasteiger partial charge in [-0.25, -0.2) is 0 Å². The molecular formula is C11H19N3O2S. The van der Waals surface area contributed by atoms with Crippen LogP contribution in [0.2, 0.25) is 0 Å². The molecule has 1 rings (SSSR count). The van der Waals surface area contributed by atoms with Crippen molar-refractivity contribution >= 4 is 17.2 Å². The monoisotopic (exact) mass is 257 g/mol. The normalized spacial score (nSPS) is 12.8. The Kier molecular flexibility index (Phi) is 5.50. The number of carbonyl (C=O) groups is 1. The molecule has 0 saturated carbocycles. The molecule has 0 aromatic carbocycles. The first-order valence-corrected chi connectivity index (χ1v) is 6.55. The molecule has 0 aliphatic heterocycles. The van der Waals surface area contributed by atoms with Crippen molar-refractivity contribution in [3.8, 4) is 0 Å². The highest BCUT2D eigenvalue weighted by atomic mass is 32.1. The first-order valence-electron chi connectivity index (χ1n) is 5.73. The average Bonchev–Trinajstić information content (AvgIpc) is 2.63. The highest BCUT2D eigenvalue weighted by molar-refractivity contribution is 7.11. The molecule has 1 atom stereocenters. The van der Waals surface area contributed by atoms with E-state index in [1.54, 1.807) is 0 Å². The van der Waals surface area contributed by atoms with Crippen molar-refractivity contribution in [3.63, 3.8) is 0 Å². The molecule has 96 valence electrons. The number of amides is 1. The molecule has 1 heterocycles. The van der Waals surface area contributed by atoms with Gasteiger partial charge in [-0.3, -0.25) is 4.79 Å². The summed E-state index contributed by atoms with van der Waals surface area (Å²) < 4.78 is 0. The Labute approximate surface area is 105 Å². The molecule has 2 N–H and O–H groups in total. The summed E-state index contributed by atoms with van der Waals surface area (Å²) in [5, 5.41) is 21.9. The van der Waals surface area contributed by atoms with Gasteiger partial charge in [0, 0.05) is 13.0 Å². The van der Waals surface area contributed by atoms with Crippen molar-refractivity contribution in [2.75, 3.05) is 6.54 Å². The molecule has 0 saturated heterocycles. The van der Waals surface area contributed by atoms with Gasteiger partial charge in [0.1, 0.15) is 16.1 Å². The van der Waals surface area contributed by atoms with Crippen molar-refractivity contribution < 1.29 is 9.90 Å². The highest BCUT2D eigenvalue weighted by Crippen LogP contribution is 2.08. The smallest absolute Gasteiger partial charge is 0.248 e. The van der Waals surface area contributed by atoms with E-state index in [1.165, 1.54) is 11.3 Å². The number of rotatable bonds is 6. The molecule has 1 amide bonds. The largest absolute Gasteiger partial charge is 0.383 e. The van der Waals surface area contributed by atoms with E-state index in [9.17, 15) is 9.90 Å². The van der Waals surface area contributed by atoms with Crippen LogP contribution in [0.3, 0.4) is 0 Å². The number of aromatic nitrogens is 2. The number of hydrogen-bond acceptors (Lipinski definition) is 5. The molecule has 0 unspecified atom stereocenters. The summed E-state index contributed by atoms with van der Waals surface area (Å²) >= 11 is 1.52. The second-order valence-electron chi connectivity index (χ2n) is 4.40. The van der Waals surface area contributed by atoms with E-state index in [2.05, 4.69) is 15.5 Å². The van der Waals surface area contributed by atoms with E-state index >= 15 is 0 Å². The lowest BCUT2D eigenvalue weighted by Crippen LogP contribution is -2.36. The standard InChI is InChI=1S/C11H19N3O2S/c1-7(2)6-9(15)11(16)12-5-4-10-14-13-8(3)17-10/h7,9,15H,4-6H2,1-3H3,(H,12,16)/t9-/m1/s1. The van der Waals surface area contributed by atoms with Crippen LogP contribution in [0.15, 0.2) is 0 Å². The van der Waals surface area contributed by atoms with E-state index < -0.39 is 6.10 Å². The minimum absolute atomic E-state index is 0.306. The predicted molar refractivity (Wildman–Crippen MR) is 66.8 cm³/mol. The van der Waals surface area contributed by atoms with Gasteiger partial charge >= 0.3 is 0 Å². The number of aliphatic hydroxyl groups is 1. The lowest BCUT2D eigenvalue weighted by molar-refractivity contribution is -0.130. The van der Waals surface area contributed by atoms with E-state index in [-0.39, 0.29) is 5.91 Å². The van der Waals surface area contributed by atoms with Gasteiger partial charge in [-0.2, -0.15) is 0 Å². The lowest BCUT2D eigenvalue weighted by Gasteiger charge is -2.12. The molecule has 0 aliphatic rings. The Bertz CT molecular complexity index is 365. The second kappa shape index (κ2) is 6.66. The Morgan fingerprint density at radius 3 is 2.71 bits per heavy atom. The van der Waals surface area contributed by atoms with Crippen LogP contribution < -0.4 is 5.32 Å². The number of carbonyl (C=O) groups excluding carboxylic acids is 1. The molecule has 0 fully saturated rings. The van der Waals surface area contributed by atoms with Crippen LogP contribution in [0.5, 0.6) is 0 Å². The average molecular weight is 257 g/mol. The summed E-state index contributed by atoms with van der Waals surface area (Å²) in [6.07, 6.45) is 0.237. The fourth-order valence-electron chi connectivity index (χ4n) is 1.40. The number of hydrogen-bond donors (Lipinski definition) is 2. The Balaban J connectivity index is 2.24. The molecule has 0 aliphatic carbocycles. The number of aryl methyl sites for hydroxylation is 1. The van der Waals surface area contributed by atoms with Crippen molar-refractivity contribution in [2.24, 2.45) is 5.92 Å².